The Labute approximate surface area is 157 Å². The Hall–Kier alpha value is -1.99. The molecule has 9 nitrogen and oxygen atoms in total. The van der Waals surface area contributed by atoms with E-state index < -0.39 is 30.1 Å². The second-order valence-corrected chi connectivity index (χ2v) is 11.0. The van der Waals surface area contributed by atoms with Gasteiger partial charge in [-0.1, -0.05) is 12.1 Å². The first-order valence-electron chi connectivity index (χ1n) is 7.73. The van der Waals surface area contributed by atoms with Crippen molar-refractivity contribution in [1.82, 2.24) is 0 Å². The molecule has 146 valence electrons. The first-order valence-corrected chi connectivity index (χ1v) is 12.3. The summed E-state index contributed by atoms with van der Waals surface area (Å²) in [5.41, 5.74) is 0.520. The molecule has 27 heavy (non-hydrogen) atoms. The van der Waals surface area contributed by atoms with E-state index >= 15 is 0 Å². The monoisotopic (exact) mass is 431 g/mol. The molecular weight excluding hydrogens is 414 g/mol. The van der Waals surface area contributed by atoms with Crippen molar-refractivity contribution in [1.29, 1.82) is 0 Å². The van der Waals surface area contributed by atoms with Gasteiger partial charge in [0.25, 0.3) is 10.0 Å². The molecule has 2 aromatic carbocycles. The zero-order valence-electron chi connectivity index (χ0n) is 13.9. The largest absolute Gasteiger partial charge is 0.266 e. The number of fused-ring (bicyclic) bond motifs is 1. The van der Waals surface area contributed by atoms with Gasteiger partial charge in [0, 0.05) is 6.54 Å². The summed E-state index contributed by atoms with van der Waals surface area (Å²) in [5.74, 6) is 0. The standard InChI is InChI=1S/C15H17N3O6S3/c16-25(19,20)11-4-1-5-12(10-11)27(23,24)18-9-3-6-13-14(18)7-2-8-15(13)26(17,21)22/h1-2,4-5,7-8,10H,3,6,9H2,(H2,16,19,20)(H2,17,21,22). The third-order valence-electron chi connectivity index (χ3n) is 4.19. The lowest BCUT2D eigenvalue weighted by atomic mass is 10.0. The van der Waals surface area contributed by atoms with Crippen LogP contribution in [0.2, 0.25) is 0 Å². The van der Waals surface area contributed by atoms with Crippen LogP contribution in [0.25, 0.3) is 0 Å². The predicted octanol–water partition coefficient (Wildman–Crippen LogP) is 0.123. The van der Waals surface area contributed by atoms with E-state index in [1.807, 2.05) is 0 Å². The summed E-state index contributed by atoms with van der Waals surface area (Å²) >= 11 is 0. The van der Waals surface area contributed by atoms with Crippen LogP contribution in [0, 0.1) is 0 Å². The number of benzene rings is 2. The Morgan fingerprint density at radius 2 is 1.44 bits per heavy atom. The van der Waals surface area contributed by atoms with Crippen LogP contribution in [0.5, 0.6) is 0 Å². The molecule has 0 fully saturated rings. The Morgan fingerprint density at radius 3 is 2.07 bits per heavy atom. The van der Waals surface area contributed by atoms with Crippen LogP contribution in [0.4, 0.5) is 5.69 Å². The predicted molar refractivity (Wildman–Crippen MR) is 98.5 cm³/mol. The smallest absolute Gasteiger partial charge is 0.264 e. The normalized spacial score (nSPS) is 15.4. The van der Waals surface area contributed by atoms with Gasteiger partial charge < -0.3 is 0 Å². The number of sulfonamides is 3. The van der Waals surface area contributed by atoms with E-state index in [9.17, 15) is 25.3 Å². The van der Waals surface area contributed by atoms with E-state index in [0.717, 1.165) is 10.4 Å². The van der Waals surface area contributed by atoms with Crippen molar-refractivity contribution in [3.05, 3.63) is 48.0 Å². The highest BCUT2D eigenvalue weighted by Gasteiger charge is 2.32. The van der Waals surface area contributed by atoms with E-state index in [2.05, 4.69) is 0 Å². The minimum Gasteiger partial charge on any atom is -0.266 e. The second kappa shape index (κ2) is 6.56. The fourth-order valence-corrected chi connectivity index (χ4v) is 6.05. The van der Waals surface area contributed by atoms with Crippen LogP contribution in [0.15, 0.2) is 57.2 Å². The number of anilines is 1. The van der Waals surface area contributed by atoms with E-state index in [1.54, 1.807) is 0 Å². The lowest BCUT2D eigenvalue weighted by Gasteiger charge is -2.31. The van der Waals surface area contributed by atoms with E-state index in [4.69, 9.17) is 10.3 Å². The molecule has 0 amide bonds. The summed E-state index contributed by atoms with van der Waals surface area (Å²) in [6.45, 7) is 0.114. The highest BCUT2D eigenvalue weighted by Crippen LogP contribution is 2.35. The van der Waals surface area contributed by atoms with Crippen molar-refractivity contribution in [2.24, 2.45) is 10.3 Å². The SMILES string of the molecule is NS(=O)(=O)c1cccc(S(=O)(=O)N2CCCc3c2cccc3S(N)(=O)=O)c1. The fraction of sp³-hybridized carbons (Fsp3) is 0.200. The Bertz CT molecular complexity index is 1220. The second-order valence-electron chi connectivity index (χ2n) is 6.00. The molecule has 1 heterocycles. The molecule has 0 radical (unpaired) electrons. The number of hydrogen-bond donors (Lipinski definition) is 2. The molecule has 0 spiro atoms. The van der Waals surface area contributed by atoms with Crippen LogP contribution in [-0.2, 0) is 36.5 Å². The molecular formula is C15H17N3O6S3. The van der Waals surface area contributed by atoms with Gasteiger partial charge in [-0.05, 0) is 48.7 Å². The van der Waals surface area contributed by atoms with Crippen LogP contribution >= 0.6 is 0 Å². The first-order chi connectivity index (χ1) is 12.4. The maximum absolute atomic E-state index is 13.1. The summed E-state index contributed by atoms with van der Waals surface area (Å²) in [5, 5.41) is 10.3. The molecule has 3 rings (SSSR count). The van der Waals surface area contributed by atoms with Gasteiger partial charge in [0.2, 0.25) is 20.0 Å². The molecule has 1 aliphatic rings. The van der Waals surface area contributed by atoms with E-state index in [0.29, 0.717) is 18.4 Å². The number of hydrogen-bond acceptors (Lipinski definition) is 6. The average molecular weight is 432 g/mol. The van der Waals surface area contributed by atoms with Crippen LogP contribution in [0.3, 0.4) is 0 Å². The van der Waals surface area contributed by atoms with Crippen molar-refractivity contribution in [2.45, 2.75) is 27.5 Å². The maximum Gasteiger partial charge on any atom is 0.264 e. The minimum absolute atomic E-state index is 0.114. The Balaban J connectivity index is 2.17. The number of rotatable bonds is 4. The molecule has 0 aromatic heterocycles. The van der Waals surface area contributed by atoms with Crippen LogP contribution < -0.4 is 14.6 Å². The molecule has 0 aliphatic carbocycles. The van der Waals surface area contributed by atoms with Gasteiger partial charge in [-0.15, -0.1) is 0 Å². The van der Waals surface area contributed by atoms with Crippen LogP contribution in [-0.4, -0.2) is 31.8 Å². The number of nitrogens with two attached hydrogens (primary N) is 2. The third kappa shape index (κ3) is 3.71. The van der Waals surface area contributed by atoms with Gasteiger partial charge >= 0.3 is 0 Å². The molecule has 0 saturated carbocycles. The van der Waals surface area contributed by atoms with Gasteiger partial charge in [0.1, 0.15) is 0 Å². The van der Waals surface area contributed by atoms with Crippen LogP contribution in [0.1, 0.15) is 12.0 Å². The van der Waals surface area contributed by atoms with E-state index in [-0.39, 0.29) is 26.9 Å². The lowest BCUT2D eigenvalue weighted by molar-refractivity contribution is 0.582. The molecule has 2 aromatic rings. The quantitative estimate of drug-likeness (QED) is 0.700. The zero-order valence-corrected chi connectivity index (χ0v) is 16.4. The maximum atomic E-state index is 13.1. The van der Waals surface area contributed by atoms with Gasteiger partial charge in [0.15, 0.2) is 0 Å². The van der Waals surface area contributed by atoms with Crippen molar-refractivity contribution in [2.75, 3.05) is 10.8 Å². The highest BCUT2D eigenvalue weighted by atomic mass is 32.2. The van der Waals surface area contributed by atoms with E-state index in [1.165, 1.54) is 36.4 Å². The molecule has 4 N–H and O–H groups in total. The van der Waals surface area contributed by atoms with Crippen molar-refractivity contribution < 1.29 is 25.3 Å². The molecule has 0 unspecified atom stereocenters. The van der Waals surface area contributed by atoms with Crippen molar-refractivity contribution in [3.63, 3.8) is 0 Å². The Kier molecular flexibility index (Phi) is 4.80. The Morgan fingerprint density at radius 1 is 0.815 bits per heavy atom. The summed E-state index contributed by atoms with van der Waals surface area (Å²) in [4.78, 5) is -0.722. The molecule has 0 atom stereocenters. The molecule has 12 heteroatoms. The van der Waals surface area contributed by atoms with Gasteiger partial charge in [-0.2, -0.15) is 0 Å². The molecule has 0 saturated heterocycles. The summed E-state index contributed by atoms with van der Waals surface area (Å²) in [6, 6.07) is 8.92. The molecule has 0 bridgehead atoms. The topological polar surface area (TPSA) is 158 Å². The molecule has 1 aliphatic heterocycles. The average Bonchev–Trinajstić information content (AvgIpc) is 2.59. The zero-order chi connectivity index (χ0) is 20.0. The number of nitrogens with zero attached hydrogens (tertiary/aromatic N) is 1. The van der Waals surface area contributed by atoms with Crippen molar-refractivity contribution in [3.8, 4) is 0 Å². The van der Waals surface area contributed by atoms with Gasteiger partial charge in [-0.25, -0.2) is 35.5 Å². The third-order valence-corrected chi connectivity index (χ3v) is 7.91. The lowest BCUT2D eigenvalue weighted by Crippen LogP contribution is -2.36. The number of primary sulfonamides is 2. The van der Waals surface area contributed by atoms with Gasteiger partial charge in [-0.3, -0.25) is 4.31 Å². The summed E-state index contributed by atoms with van der Waals surface area (Å²) in [6.07, 6.45) is 0.735. The first kappa shape index (κ1) is 19.8. The van der Waals surface area contributed by atoms with Gasteiger partial charge in [0.05, 0.1) is 20.4 Å². The summed E-state index contributed by atoms with van der Waals surface area (Å²) in [7, 11) is -12.2. The van der Waals surface area contributed by atoms with Crippen molar-refractivity contribution >= 4 is 35.8 Å². The minimum atomic E-state index is -4.14. The fourth-order valence-electron chi connectivity index (χ4n) is 3.01. The summed E-state index contributed by atoms with van der Waals surface area (Å²) < 4.78 is 73.9. The highest BCUT2D eigenvalue weighted by molar-refractivity contribution is 7.93.